The van der Waals surface area contributed by atoms with E-state index in [0.717, 1.165) is 29.8 Å². The maximum atomic E-state index is 3.89. The fourth-order valence-corrected chi connectivity index (χ4v) is 4.57. The summed E-state index contributed by atoms with van der Waals surface area (Å²) in [5.41, 5.74) is 0. The highest BCUT2D eigenvalue weighted by molar-refractivity contribution is 4.88. The van der Waals surface area contributed by atoms with Crippen LogP contribution in [0.3, 0.4) is 0 Å². The monoisotopic (exact) mass is 294 g/mol. The Balaban J connectivity index is 1.95. The quantitative estimate of drug-likeness (QED) is 0.785. The van der Waals surface area contributed by atoms with Crippen LogP contribution in [0.1, 0.15) is 72.6 Å². The summed E-state index contributed by atoms with van der Waals surface area (Å²) in [5.74, 6) is 2.64. The van der Waals surface area contributed by atoms with Gasteiger partial charge in [-0.2, -0.15) is 0 Å². The van der Waals surface area contributed by atoms with Crippen molar-refractivity contribution in [3.63, 3.8) is 0 Å². The Hall–Kier alpha value is -0.0800. The molecule has 0 radical (unpaired) electrons. The first-order valence-electron chi connectivity index (χ1n) is 9.59. The molecule has 1 aliphatic carbocycles. The highest BCUT2D eigenvalue weighted by atomic mass is 15.2. The minimum atomic E-state index is 0.727. The predicted octanol–water partition coefficient (Wildman–Crippen LogP) is 4.30. The maximum absolute atomic E-state index is 3.89. The lowest BCUT2D eigenvalue weighted by atomic mass is 9.81. The van der Waals surface area contributed by atoms with Crippen LogP contribution in [0.15, 0.2) is 0 Å². The molecule has 1 N–H and O–H groups in total. The summed E-state index contributed by atoms with van der Waals surface area (Å²) in [6, 6.07) is 1.49. The number of hydrogen-bond acceptors (Lipinski definition) is 2. The fraction of sp³-hybridized carbons (Fsp3) is 1.00. The molecule has 2 nitrogen and oxygen atoms in total. The van der Waals surface area contributed by atoms with Crippen molar-refractivity contribution in [3.8, 4) is 0 Å². The van der Waals surface area contributed by atoms with Gasteiger partial charge in [0.1, 0.15) is 0 Å². The Morgan fingerprint density at radius 2 is 1.81 bits per heavy atom. The molecule has 0 aromatic heterocycles. The van der Waals surface area contributed by atoms with Gasteiger partial charge in [0.05, 0.1) is 0 Å². The van der Waals surface area contributed by atoms with E-state index in [2.05, 4.69) is 37.9 Å². The second kappa shape index (κ2) is 8.53. The van der Waals surface area contributed by atoms with Gasteiger partial charge in [-0.05, 0) is 56.9 Å². The molecule has 0 spiro atoms. The zero-order valence-corrected chi connectivity index (χ0v) is 14.9. The van der Waals surface area contributed by atoms with Crippen LogP contribution in [0.25, 0.3) is 0 Å². The molecule has 1 heterocycles. The molecule has 1 saturated carbocycles. The number of rotatable bonds is 6. The molecule has 2 heteroatoms. The molecule has 0 aromatic rings. The lowest BCUT2D eigenvalue weighted by Crippen LogP contribution is -2.53. The first-order valence-corrected chi connectivity index (χ1v) is 9.59. The SMILES string of the molecule is CCCNC(CN1CC(C)CC(C)C1C)C1CCCCC1. The molecular formula is C19H38N2. The minimum absolute atomic E-state index is 0.727. The van der Waals surface area contributed by atoms with Crippen LogP contribution in [0.2, 0.25) is 0 Å². The molecule has 1 aliphatic heterocycles. The lowest BCUT2D eigenvalue weighted by molar-refractivity contribution is 0.0589. The third-order valence-electron chi connectivity index (χ3n) is 6.03. The zero-order valence-electron chi connectivity index (χ0n) is 14.9. The van der Waals surface area contributed by atoms with Crippen LogP contribution < -0.4 is 5.32 Å². The Morgan fingerprint density at radius 3 is 2.48 bits per heavy atom. The minimum Gasteiger partial charge on any atom is -0.312 e. The molecule has 2 rings (SSSR count). The highest BCUT2D eigenvalue weighted by Gasteiger charge is 2.32. The summed E-state index contributed by atoms with van der Waals surface area (Å²) in [6.07, 6.45) is 9.95. The molecule has 2 fully saturated rings. The number of piperidine rings is 1. The van der Waals surface area contributed by atoms with Crippen LogP contribution in [0.4, 0.5) is 0 Å². The average molecular weight is 295 g/mol. The topological polar surface area (TPSA) is 15.3 Å². The van der Waals surface area contributed by atoms with E-state index in [-0.39, 0.29) is 0 Å². The third-order valence-corrected chi connectivity index (χ3v) is 6.03. The Kier molecular flexibility index (Phi) is 7.01. The van der Waals surface area contributed by atoms with E-state index in [1.165, 1.54) is 64.6 Å². The van der Waals surface area contributed by atoms with Crippen LogP contribution in [0.5, 0.6) is 0 Å². The second-order valence-corrected chi connectivity index (χ2v) is 7.97. The first kappa shape index (κ1) is 17.3. The third kappa shape index (κ3) is 4.96. The van der Waals surface area contributed by atoms with Crippen LogP contribution in [-0.2, 0) is 0 Å². The standard InChI is InChI=1S/C19H38N2/c1-5-11-20-19(18-9-7-6-8-10-18)14-21-13-15(2)12-16(3)17(21)4/h15-20H,5-14H2,1-4H3. The summed E-state index contributed by atoms with van der Waals surface area (Å²) in [6.45, 7) is 13.4. The van der Waals surface area contributed by atoms with Gasteiger partial charge in [0.15, 0.2) is 0 Å². The Labute approximate surface area is 133 Å². The Bertz CT molecular complexity index is 285. The van der Waals surface area contributed by atoms with Gasteiger partial charge >= 0.3 is 0 Å². The average Bonchev–Trinajstić information content (AvgIpc) is 2.49. The predicted molar refractivity (Wildman–Crippen MR) is 92.6 cm³/mol. The molecule has 1 saturated heterocycles. The fourth-order valence-electron chi connectivity index (χ4n) is 4.57. The number of likely N-dealkylation sites (tertiary alicyclic amines) is 1. The van der Waals surface area contributed by atoms with Crippen molar-refractivity contribution in [2.45, 2.75) is 84.7 Å². The molecular weight excluding hydrogens is 256 g/mol. The summed E-state index contributed by atoms with van der Waals surface area (Å²) >= 11 is 0. The molecule has 124 valence electrons. The van der Waals surface area contributed by atoms with Gasteiger partial charge in [-0.25, -0.2) is 0 Å². The van der Waals surface area contributed by atoms with E-state index >= 15 is 0 Å². The van der Waals surface area contributed by atoms with Crippen molar-refractivity contribution < 1.29 is 0 Å². The summed E-state index contributed by atoms with van der Waals surface area (Å²) < 4.78 is 0. The normalized spacial score (nSPS) is 34.0. The summed E-state index contributed by atoms with van der Waals surface area (Å²) in [7, 11) is 0. The second-order valence-electron chi connectivity index (χ2n) is 7.97. The molecule has 21 heavy (non-hydrogen) atoms. The van der Waals surface area contributed by atoms with Gasteiger partial charge in [0.2, 0.25) is 0 Å². The van der Waals surface area contributed by atoms with Gasteiger partial charge in [0, 0.05) is 25.2 Å². The number of nitrogens with one attached hydrogen (secondary N) is 1. The van der Waals surface area contributed by atoms with Crippen molar-refractivity contribution >= 4 is 0 Å². The van der Waals surface area contributed by atoms with Crippen molar-refractivity contribution in [3.05, 3.63) is 0 Å². The maximum Gasteiger partial charge on any atom is 0.0223 e. The molecule has 0 aromatic carbocycles. The number of nitrogens with zero attached hydrogens (tertiary/aromatic N) is 1. The van der Waals surface area contributed by atoms with Crippen molar-refractivity contribution in [2.24, 2.45) is 17.8 Å². The van der Waals surface area contributed by atoms with E-state index < -0.39 is 0 Å². The zero-order chi connectivity index (χ0) is 15.2. The summed E-state index contributed by atoms with van der Waals surface area (Å²) in [4.78, 5) is 2.79. The van der Waals surface area contributed by atoms with E-state index in [1.54, 1.807) is 0 Å². The number of hydrogen-bond donors (Lipinski definition) is 1. The van der Waals surface area contributed by atoms with Crippen LogP contribution in [0, 0.1) is 17.8 Å². The van der Waals surface area contributed by atoms with E-state index in [9.17, 15) is 0 Å². The largest absolute Gasteiger partial charge is 0.312 e. The molecule has 4 unspecified atom stereocenters. The van der Waals surface area contributed by atoms with Gasteiger partial charge < -0.3 is 5.32 Å². The van der Waals surface area contributed by atoms with Gasteiger partial charge in [0.25, 0.3) is 0 Å². The lowest BCUT2D eigenvalue weighted by Gasteiger charge is -2.44. The molecule has 4 atom stereocenters. The van der Waals surface area contributed by atoms with Crippen LogP contribution >= 0.6 is 0 Å². The van der Waals surface area contributed by atoms with Gasteiger partial charge in [-0.1, -0.05) is 40.0 Å². The molecule has 0 amide bonds. The highest BCUT2D eigenvalue weighted by Crippen LogP contribution is 2.30. The van der Waals surface area contributed by atoms with Gasteiger partial charge in [-0.15, -0.1) is 0 Å². The molecule has 2 aliphatic rings. The smallest absolute Gasteiger partial charge is 0.0223 e. The first-order chi connectivity index (χ1) is 10.1. The van der Waals surface area contributed by atoms with Crippen molar-refractivity contribution in [1.29, 1.82) is 0 Å². The Morgan fingerprint density at radius 1 is 1.10 bits per heavy atom. The van der Waals surface area contributed by atoms with E-state index in [4.69, 9.17) is 0 Å². The van der Waals surface area contributed by atoms with E-state index in [0.29, 0.717) is 0 Å². The van der Waals surface area contributed by atoms with Gasteiger partial charge in [-0.3, -0.25) is 4.90 Å². The molecule has 0 bridgehead atoms. The van der Waals surface area contributed by atoms with Crippen molar-refractivity contribution in [2.75, 3.05) is 19.6 Å². The van der Waals surface area contributed by atoms with Crippen LogP contribution in [-0.4, -0.2) is 36.6 Å². The van der Waals surface area contributed by atoms with E-state index in [1.807, 2.05) is 0 Å². The van der Waals surface area contributed by atoms with Crippen molar-refractivity contribution in [1.82, 2.24) is 10.2 Å². The summed E-state index contributed by atoms with van der Waals surface area (Å²) in [5, 5.41) is 3.89.